The van der Waals surface area contributed by atoms with Gasteiger partial charge in [-0.25, -0.2) is 0 Å². The number of carbonyl (C=O) groups excluding carboxylic acids is 1. The molecular weight excluding hydrogens is 180 g/mol. The Labute approximate surface area is 82.8 Å². The topological polar surface area (TPSA) is 17.1 Å². The van der Waals surface area contributed by atoms with Gasteiger partial charge in [-0.15, -0.1) is 11.3 Å². The zero-order chi connectivity index (χ0) is 9.47. The van der Waals surface area contributed by atoms with Crippen LogP contribution < -0.4 is 0 Å². The molecule has 0 aliphatic heterocycles. The Morgan fingerprint density at radius 1 is 1.46 bits per heavy atom. The maximum Gasteiger partial charge on any atom is 0.133 e. The Bertz CT molecular complexity index is 340. The van der Waals surface area contributed by atoms with E-state index in [-0.39, 0.29) is 5.41 Å². The van der Waals surface area contributed by atoms with Gasteiger partial charge in [0.05, 0.1) is 0 Å². The van der Waals surface area contributed by atoms with Crippen molar-refractivity contribution < 1.29 is 4.79 Å². The highest BCUT2D eigenvalue weighted by molar-refractivity contribution is 7.12. The van der Waals surface area contributed by atoms with Crippen LogP contribution in [0.2, 0.25) is 0 Å². The Morgan fingerprint density at radius 3 is 2.69 bits per heavy atom. The van der Waals surface area contributed by atoms with Gasteiger partial charge in [0, 0.05) is 28.0 Å². The van der Waals surface area contributed by atoms with Gasteiger partial charge in [0.15, 0.2) is 0 Å². The summed E-state index contributed by atoms with van der Waals surface area (Å²) in [4.78, 5) is 14.0. The molecule has 0 aromatic carbocycles. The number of hydrogen-bond acceptors (Lipinski definition) is 2. The van der Waals surface area contributed by atoms with Gasteiger partial charge in [-0.3, -0.25) is 4.79 Å². The molecule has 1 aliphatic carbocycles. The van der Waals surface area contributed by atoms with Gasteiger partial charge in [-0.05, 0) is 25.5 Å². The first-order valence-electron chi connectivity index (χ1n) is 4.69. The summed E-state index contributed by atoms with van der Waals surface area (Å²) in [7, 11) is 0. The number of rotatable bonds is 1. The summed E-state index contributed by atoms with van der Waals surface area (Å²) in [6.45, 7) is 4.33. The molecule has 0 saturated heterocycles. The van der Waals surface area contributed by atoms with E-state index in [1.807, 2.05) is 11.3 Å². The standard InChI is InChI=1S/C11H14OS/c1-8-3-4-10(13-8)11(2)6-5-9(12)7-11/h3-4H,5-7H2,1-2H3. The molecule has 1 aromatic heterocycles. The van der Waals surface area contributed by atoms with E-state index in [2.05, 4.69) is 26.0 Å². The van der Waals surface area contributed by atoms with Gasteiger partial charge >= 0.3 is 0 Å². The smallest absolute Gasteiger partial charge is 0.133 e. The first kappa shape index (κ1) is 8.95. The molecule has 0 spiro atoms. The number of Topliss-reactive ketones (excluding diaryl/α,β-unsaturated/α-hetero) is 1. The summed E-state index contributed by atoms with van der Waals surface area (Å²) < 4.78 is 0. The summed E-state index contributed by atoms with van der Waals surface area (Å²) in [5.74, 6) is 0.425. The van der Waals surface area contributed by atoms with Gasteiger partial charge in [-0.2, -0.15) is 0 Å². The Hall–Kier alpha value is -0.630. The van der Waals surface area contributed by atoms with Crippen LogP contribution in [-0.4, -0.2) is 5.78 Å². The summed E-state index contributed by atoms with van der Waals surface area (Å²) in [6.07, 6.45) is 2.55. The maximum absolute atomic E-state index is 11.2. The minimum absolute atomic E-state index is 0.149. The third-order valence-electron chi connectivity index (χ3n) is 2.88. The fourth-order valence-corrected chi connectivity index (χ4v) is 3.04. The second-order valence-corrected chi connectivity index (χ2v) is 5.47. The van der Waals surface area contributed by atoms with Crippen LogP contribution in [0.4, 0.5) is 0 Å². The minimum atomic E-state index is 0.149. The monoisotopic (exact) mass is 194 g/mol. The van der Waals surface area contributed by atoms with Crippen LogP contribution in [0.3, 0.4) is 0 Å². The number of carbonyl (C=O) groups is 1. The molecule has 1 nitrogen and oxygen atoms in total. The van der Waals surface area contributed by atoms with Crippen molar-refractivity contribution >= 4 is 17.1 Å². The van der Waals surface area contributed by atoms with Crippen LogP contribution in [0, 0.1) is 6.92 Å². The lowest BCUT2D eigenvalue weighted by Crippen LogP contribution is -2.15. The lowest BCUT2D eigenvalue weighted by molar-refractivity contribution is -0.117. The van der Waals surface area contributed by atoms with Crippen molar-refractivity contribution in [3.63, 3.8) is 0 Å². The van der Waals surface area contributed by atoms with E-state index in [1.54, 1.807) is 0 Å². The third-order valence-corrected chi connectivity index (χ3v) is 4.19. The highest BCUT2D eigenvalue weighted by atomic mass is 32.1. The minimum Gasteiger partial charge on any atom is -0.300 e. The number of hydrogen-bond donors (Lipinski definition) is 0. The molecule has 0 radical (unpaired) electrons. The molecule has 1 unspecified atom stereocenters. The summed E-state index contributed by atoms with van der Waals surface area (Å²) >= 11 is 1.83. The zero-order valence-corrected chi connectivity index (χ0v) is 8.91. The molecule has 1 atom stereocenters. The fourth-order valence-electron chi connectivity index (χ4n) is 2.00. The molecule has 0 amide bonds. The molecule has 1 saturated carbocycles. The molecule has 2 rings (SSSR count). The first-order valence-corrected chi connectivity index (χ1v) is 5.50. The van der Waals surface area contributed by atoms with Crippen LogP contribution in [-0.2, 0) is 10.2 Å². The van der Waals surface area contributed by atoms with Crippen LogP contribution in [0.1, 0.15) is 35.9 Å². The SMILES string of the molecule is Cc1ccc(C2(C)CCC(=O)C2)s1. The summed E-state index contributed by atoms with van der Waals surface area (Å²) in [5.41, 5.74) is 0.149. The van der Waals surface area contributed by atoms with Crippen molar-refractivity contribution in [2.24, 2.45) is 0 Å². The van der Waals surface area contributed by atoms with Gasteiger partial charge in [-0.1, -0.05) is 6.92 Å². The predicted octanol–water partition coefficient (Wildman–Crippen LogP) is 3.07. The van der Waals surface area contributed by atoms with Gasteiger partial charge < -0.3 is 0 Å². The van der Waals surface area contributed by atoms with E-state index in [9.17, 15) is 4.79 Å². The lowest BCUT2D eigenvalue weighted by Gasteiger charge is -2.20. The third kappa shape index (κ3) is 1.55. The van der Waals surface area contributed by atoms with E-state index < -0.39 is 0 Å². The second-order valence-electron chi connectivity index (χ2n) is 4.19. The van der Waals surface area contributed by atoms with Gasteiger partial charge in [0.2, 0.25) is 0 Å². The fraction of sp³-hybridized carbons (Fsp3) is 0.545. The van der Waals surface area contributed by atoms with Crippen molar-refractivity contribution in [1.29, 1.82) is 0 Å². The molecule has 0 bridgehead atoms. The number of aryl methyl sites for hydroxylation is 1. The summed E-state index contributed by atoms with van der Waals surface area (Å²) in [5, 5.41) is 0. The van der Waals surface area contributed by atoms with Crippen LogP contribution in [0.25, 0.3) is 0 Å². The molecule has 1 aliphatic rings. The second kappa shape index (κ2) is 2.95. The van der Waals surface area contributed by atoms with E-state index >= 15 is 0 Å². The highest BCUT2D eigenvalue weighted by Gasteiger charge is 2.36. The zero-order valence-electron chi connectivity index (χ0n) is 8.09. The largest absolute Gasteiger partial charge is 0.300 e. The van der Waals surface area contributed by atoms with Crippen LogP contribution >= 0.6 is 11.3 Å². The first-order chi connectivity index (χ1) is 6.10. The van der Waals surface area contributed by atoms with Crippen molar-refractivity contribution in [1.82, 2.24) is 0 Å². The van der Waals surface area contributed by atoms with Crippen LogP contribution in [0.15, 0.2) is 12.1 Å². The predicted molar refractivity (Wildman–Crippen MR) is 55.3 cm³/mol. The normalized spacial score (nSPS) is 28.3. The molecule has 2 heteroatoms. The molecule has 1 fully saturated rings. The van der Waals surface area contributed by atoms with Crippen molar-refractivity contribution in [2.75, 3.05) is 0 Å². The molecule has 70 valence electrons. The van der Waals surface area contributed by atoms with E-state index in [1.165, 1.54) is 9.75 Å². The summed E-state index contributed by atoms with van der Waals surface area (Å²) in [6, 6.07) is 4.33. The van der Waals surface area contributed by atoms with Crippen molar-refractivity contribution in [2.45, 2.75) is 38.5 Å². The molecule has 13 heavy (non-hydrogen) atoms. The molecule has 1 heterocycles. The molecule has 1 aromatic rings. The van der Waals surface area contributed by atoms with Gasteiger partial charge in [0.1, 0.15) is 5.78 Å². The average molecular weight is 194 g/mol. The van der Waals surface area contributed by atoms with Gasteiger partial charge in [0.25, 0.3) is 0 Å². The number of thiophene rings is 1. The van der Waals surface area contributed by atoms with Crippen LogP contribution in [0.5, 0.6) is 0 Å². The lowest BCUT2D eigenvalue weighted by atomic mass is 9.87. The number of ketones is 1. The Morgan fingerprint density at radius 2 is 2.23 bits per heavy atom. The average Bonchev–Trinajstić information content (AvgIpc) is 2.60. The quantitative estimate of drug-likeness (QED) is 0.671. The van der Waals surface area contributed by atoms with Crippen molar-refractivity contribution in [3.8, 4) is 0 Å². The molecule has 0 N–H and O–H groups in total. The molecular formula is C11H14OS. The Balaban J connectivity index is 2.30. The Kier molecular flexibility index (Phi) is 2.03. The maximum atomic E-state index is 11.2. The van der Waals surface area contributed by atoms with E-state index in [0.29, 0.717) is 5.78 Å². The highest BCUT2D eigenvalue weighted by Crippen LogP contribution is 2.41. The van der Waals surface area contributed by atoms with E-state index in [4.69, 9.17) is 0 Å². The van der Waals surface area contributed by atoms with Crippen molar-refractivity contribution in [3.05, 3.63) is 21.9 Å². The van der Waals surface area contributed by atoms with E-state index in [0.717, 1.165) is 19.3 Å².